The topological polar surface area (TPSA) is 62.1 Å². The fraction of sp³-hybridized carbons (Fsp3) is 0.0435. The van der Waals surface area contributed by atoms with E-state index in [0.29, 0.717) is 22.6 Å². The van der Waals surface area contributed by atoms with Gasteiger partial charge in [0.1, 0.15) is 29.8 Å². The highest BCUT2D eigenvalue weighted by Crippen LogP contribution is 2.23. The van der Waals surface area contributed by atoms with E-state index in [1.807, 2.05) is 6.07 Å². The lowest BCUT2D eigenvalue weighted by Crippen LogP contribution is -2.13. The Morgan fingerprint density at radius 1 is 1.10 bits per heavy atom. The molecular weight excluding hydrogens is 435 g/mol. The number of anilines is 1. The van der Waals surface area contributed by atoms with E-state index < -0.39 is 5.91 Å². The minimum atomic E-state index is -0.519. The van der Waals surface area contributed by atoms with Gasteiger partial charge in [-0.25, -0.2) is 4.39 Å². The first-order valence-corrected chi connectivity index (χ1v) is 9.49. The van der Waals surface area contributed by atoms with Crippen LogP contribution < -0.4 is 10.1 Å². The number of nitriles is 1. The molecule has 0 radical (unpaired) electrons. The zero-order valence-corrected chi connectivity index (χ0v) is 16.8. The van der Waals surface area contributed by atoms with Gasteiger partial charge in [0.15, 0.2) is 0 Å². The lowest BCUT2D eigenvalue weighted by molar-refractivity contribution is -0.112. The first kappa shape index (κ1) is 20.3. The summed E-state index contributed by atoms with van der Waals surface area (Å²) in [6.45, 7) is 0.162. The van der Waals surface area contributed by atoms with Crippen molar-refractivity contribution in [3.63, 3.8) is 0 Å². The van der Waals surface area contributed by atoms with Crippen LogP contribution in [0, 0.1) is 17.1 Å². The van der Waals surface area contributed by atoms with Crippen molar-refractivity contribution < 1.29 is 13.9 Å². The molecule has 3 aromatic carbocycles. The number of para-hydroxylation sites is 1. The van der Waals surface area contributed by atoms with Crippen LogP contribution in [0.15, 0.2) is 82.8 Å². The van der Waals surface area contributed by atoms with Crippen molar-refractivity contribution in [2.45, 2.75) is 6.61 Å². The van der Waals surface area contributed by atoms with Gasteiger partial charge in [0, 0.05) is 15.7 Å². The maximum absolute atomic E-state index is 13.3. The molecule has 0 aromatic heterocycles. The normalized spacial score (nSPS) is 10.9. The van der Waals surface area contributed by atoms with Gasteiger partial charge in [0.25, 0.3) is 5.91 Å². The van der Waals surface area contributed by atoms with Crippen LogP contribution in [0.3, 0.4) is 0 Å². The summed E-state index contributed by atoms with van der Waals surface area (Å²) >= 11 is 3.33. The van der Waals surface area contributed by atoms with E-state index in [0.717, 1.165) is 4.47 Å². The first-order valence-electron chi connectivity index (χ1n) is 8.70. The van der Waals surface area contributed by atoms with Crippen LogP contribution in [0.1, 0.15) is 11.1 Å². The molecule has 0 aliphatic carbocycles. The predicted molar refractivity (Wildman–Crippen MR) is 114 cm³/mol. The number of benzene rings is 3. The number of carbonyl (C=O) groups is 1. The standard InChI is InChI=1S/C23H16BrFN2O2/c24-19-8-10-21(11-9-19)27-23(28)18(14-26)13-17-5-1-2-7-22(17)29-15-16-4-3-6-20(25)12-16/h1-13H,15H2,(H,27,28)/b18-13+. The van der Waals surface area contributed by atoms with Crippen molar-refractivity contribution in [2.24, 2.45) is 0 Å². The molecule has 0 atom stereocenters. The number of nitrogens with zero attached hydrogens (tertiary/aromatic N) is 1. The Hall–Kier alpha value is -3.43. The molecule has 0 fully saturated rings. The van der Waals surface area contributed by atoms with E-state index in [1.54, 1.807) is 60.7 Å². The number of hydrogen-bond donors (Lipinski definition) is 1. The predicted octanol–water partition coefficient (Wildman–Crippen LogP) is 5.71. The average molecular weight is 451 g/mol. The highest BCUT2D eigenvalue weighted by atomic mass is 79.9. The van der Waals surface area contributed by atoms with Crippen LogP contribution in [-0.4, -0.2) is 5.91 Å². The summed E-state index contributed by atoms with van der Waals surface area (Å²) in [7, 11) is 0. The van der Waals surface area contributed by atoms with Crippen molar-refractivity contribution in [3.8, 4) is 11.8 Å². The summed E-state index contributed by atoms with van der Waals surface area (Å²) in [6.07, 6.45) is 1.47. The van der Waals surface area contributed by atoms with Gasteiger partial charge < -0.3 is 10.1 Å². The summed E-state index contributed by atoms with van der Waals surface area (Å²) < 4.78 is 20.0. The van der Waals surface area contributed by atoms with E-state index in [2.05, 4.69) is 21.2 Å². The Balaban J connectivity index is 1.77. The smallest absolute Gasteiger partial charge is 0.266 e. The van der Waals surface area contributed by atoms with Crippen molar-refractivity contribution in [2.75, 3.05) is 5.32 Å². The van der Waals surface area contributed by atoms with Gasteiger partial charge in [-0.2, -0.15) is 5.26 Å². The van der Waals surface area contributed by atoms with Gasteiger partial charge in [-0.05, 0) is 54.1 Å². The van der Waals surface area contributed by atoms with Gasteiger partial charge in [0.2, 0.25) is 0 Å². The average Bonchev–Trinajstić information content (AvgIpc) is 2.73. The van der Waals surface area contributed by atoms with E-state index in [-0.39, 0.29) is 18.0 Å². The number of carbonyl (C=O) groups excluding carboxylic acids is 1. The van der Waals surface area contributed by atoms with E-state index in [9.17, 15) is 14.4 Å². The van der Waals surface area contributed by atoms with Gasteiger partial charge >= 0.3 is 0 Å². The molecule has 0 unspecified atom stereocenters. The van der Waals surface area contributed by atoms with Crippen molar-refractivity contribution in [3.05, 3.63) is 99.8 Å². The highest BCUT2D eigenvalue weighted by Gasteiger charge is 2.11. The van der Waals surface area contributed by atoms with Crippen LogP contribution in [0.25, 0.3) is 6.08 Å². The van der Waals surface area contributed by atoms with Crippen LogP contribution in [0.2, 0.25) is 0 Å². The molecule has 3 rings (SSSR count). The molecule has 29 heavy (non-hydrogen) atoms. The third kappa shape index (κ3) is 5.77. The van der Waals surface area contributed by atoms with Gasteiger partial charge in [-0.15, -0.1) is 0 Å². The molecule has 4 nitrogen and oxygen atoms in total. The molecule has 0 heterocycles. The molecular formula is C23H16BrFN2O2. The highest BCUT2D eigenvalue weighted by molar-refractivity contribution is 9.10. The minimum absolute atomic E-state index is 0.0604. The Bertz CT molecular complexity index is 1090. The van der Waals surface area contributed by atoms with Crippen molar-refractivity contribution in [1.82, 2.24) is 0 Å². The number of ether oxygens (including phenoxy) is 1. The van der Waals surface area contributed by atoms with Gasteiger partial charge in [-0.1, -0.05) is 46.3 Å². The van der Waals surface area contributed by atoms with Crippen LogP contribution in [-0.2, 0) is 11.4 Å². The Kier molecular flexibility index (Phi) is 6.77. The third-order valence-electron chi connectivity index (χ3n) is 3.97. The molecule has 0 saturated heterocycles. The molecule has 144 valence electrons. The van der Waals surface area contributed by atoms with Crippen LogP contribution >= 0.6 is 15.9 Å². The van der Waals surface area contributed by atoms with Gasteiger partial charge in [-0.3, -0.25) is 4.79 Å². The van der Waals surface area contributed by atoms with Gasteiger partial charge in [0.05, 0.1) is 0 Å². The van der Waals surface area contributed by atoms with Crippen LogP contribution in [0.5, 0.6) is 5.75 Å². The number of rotatable bonds is 6. The van der Waals surface area contributed by atoms with E-state index >= 15 is 0 Å². The molecule has 0 bridgehead atoms. The van der Waals surface area contributed by atoms with Crippen LogP contribution in [0.4, 0.5) is 10.1 Å². The summed E-state index contributed by atoms with van der Waals surface area (Å²) in [5, 5.41) is 12.1. The maximum atomic E-state index is 13.3. The largest absolute Gasteiger partial charge is 0.488 e. The monoisotopic (exact) mass is 450 g/mol. The Morgan fingerprint density at radius 3 is 2.59 bits per heavy atom. The molecule has 0 saturated carbocycles. The molecule has 1 amide bonds. The maximum Gasteiger partial charge on any atom is 0.266 e. The number of hydrogen-bond acceptors (Lipinski definition) is 3. The molecule has 6 heteroatoms. The lowest BCUT2D eigenvalue weighted by Gasteiger charge is -2.10. The van der Waals surface area contributed by atoms with Crippen molar-refractivity contribution in [1.29, 1.82) is 5.26 Å². The second kappa shape index (κ2) is 9.67. The fourth-order valence-electron chi connectivity index (χ4n) is 2.55. The van der Waals surface area contributed by atoms with Crippen molar-refractivity contribution >= 4 is 33.6 Å². The molecule has 0 spiro atoms. The van der Waals surface area contributed by atoms with E-state index in [4.69, 9.17) is 4.74 Å². The number of amides is 1. The summed E-state index contributed by atoms with van der Waals surface area (Å²) in [4.78, 5) is 12.5. The molecule has 3 aromatic rings. The minimum Gasteiger partial charge on any atom is -0.488 e. The number of nitrogens with one attached hydrogen (secondary N) is 1. The van der Waals surface area contributed by atoms with E-state index in [1.165, 1.54) is 18.2 Å². The fourth-order valence-corrected chi connectivity index (χ4v) is 2.82. The molecule has 0 aliphatic heterocycles. The lowest BCUT2D eigenvalue weighted by atomic mass is 10.1. The Labute approximate surface area is 176 Å². The summed E-state index contributed by atoms with van der Waals surface area (Å²) in [5.74, 6) is -0.369. The molecule has 0 aliphatic rings. The first-order chi connectivity index (χ1) is 14.0. The number of halogens is 2. The third-order valence-corrected chi connectivity index (χ3v) is 4.50. The second-order valence-corrected chi connectivity index (χ2v) is 7.00. The second-order valence-electron chi connectivity index (χ2n) is 6.09. The zero-order chi connectivity index (χ0) is 20.6. The zero-order valence-electron chi connectivity index (χ0n) is 15.2. The summed E-state index contributed by atoms with van der Waals surface area (Å²) in [5.41, 5.74) is 1.77. The SMILES string of the molecule is N#C/C(=C\c1ccccc1OCc1cccc(F)c1)C(=O)Nc1ccc(Br)cc1. The Morgan fingerprint density at radius 2 is 1.86 bits per heavy atom. The molecule has 1 N–H and O–H groups in total. The quantitative estimate of drug-likeness (QED) is 0.386. The summed E-state index contributed by atoms with van der Waals surface area (Å²) in [6, 6.07) is 22.1.